The van der Waals surface area contributed by atoms with Crippen molar-refractivity contribution in [1.29, 1.82) is 0 Å². The number of hydrogen-bond acceptors (Lipinski definition) is 8. The summed E-state index contributed by atoms with van der Waals surface area (Å²) in [4.78, 5) is 35.3. The van der Waals surface area contributed by atoms with E-state index in [1.807, 2.05) is 0 Å². The van der Waals surface area contributed by atoms with Gasteiger partial charge in [0.15, 0.2) is 6.10 Å². The van der Waals surface area contributed by atoms with E-state index < -0.39 is 26.5 Å². The van der Waals surface area contributed by atoms with Crippen molar-refractivity contribution in [3.63, 3.8) is 0 Å². The zero-order valence-corrected chi connectivity index (χ0v) is 54.3. The highest BCUT2D eigenvalue weighted by Gasteiger charge is 2.26. The van der Waals surface area contributed by atoms with Crippen molar-refractivity contribution in [1.82, 2.24) is 0 Å². The van der Waals surface area contributed by atoms with Gasteiger partial charge < -0.3 is 20.1 Å². The number of phosphoric ester groups is 1. The third-order valence-electron chi connectivity index (χ3n) is 14.3. The lowest BCUT2D eigenvalue weighted by atomic mass is 10.0. The van der Waals surface area contributed by atoms with Gasteiger partial charge in [-0.15, -0.1) is 0 Å². The van der Waals surface area contributed by atoms with Crippen molar-refractivity contribution < 1.29 is 37.6 Å². The number of carbonyl (C=O) groups excluding carboxylic acids is 2. The van der Waals surface area contributed by atoms with Crippen LogP contribution in [-0.4, -0.2) is 49.3 Å². The molecule has 0 fully saturated rings. The molecule has 9 nitrogen and oxygen atoms in total. The molecule has 0 aromatic carbocycles. The van der Waals surface area contributed by atoms with E-state index in [-0.39, 0.29) is 38.6 Å². The van der Waals surface area contributed by atoms with Gasteiger partial charge in [0.25, 0.3) is 0 Å². The average molecular weight is 1180 g/mol. The number of allylic oxidation sites excluding steroid dienone is 20. The zero-order valence-electron chi connectivity index (χ0n) is 53.4. The molecule has 476 valence electrons. The van der Waals surface area contributed by atoms with Crippen molar-refractivity contribution in [2.75, 3.05) is 26.4 Å². The first-order valence-corrected chi connectivity index (χ1v) is 35.5. The average Bonchev–Trinajstić information content (AvgIpc) is 3.49. The number of phosphoric acid groups is 1. The summed E-state index contributed by atoms with van der Waals surface area (Å²) in [6.07, 6.45) is 94.2. The molecule has 3 N–H and O–H groups in total. The van der Waals surface area contributed by atoms with E-state index in [0.717, 1.165) is 103 Å². The lowest BCUT2D eigenvalue weighted by molar-refractivity contribution is -0.161. The van der Waals surface area contributed by atoms with Crippen molar-refractivity contribution >= 4 is 19.8 Å². The molecule has 0 rings (SSSR count). The van der Waals surface area contributed by atoms with E-state index in [2.05, 4.69) is 135 Å². The van der Waals surface area contributed by atoms with Crippen LogP contribution in [-0.2, 0) is 32.7 Å². The number of carbonyl (C=O) groups is 2. The number of rotatable bonds is 63. The number of hydrogen-bond donors (Lipinski definition) is 2. The Hall–Kier alpha value is -3.59. The van der Waals surface area contributed by atoms with Crippen LogP contribution in [0.25, 0.3) is 0 Å². The van der Waals surface area contributed by atoms with Crippen LogP contribution in [0.1, 0.15) is 296 Å². The largest absolute Gasteiger partial charge is 0.472 e. The highest BCUT2D eigenvalue weighted by atomic mass is 31.2. The predicted octanol–water partition coefficient (Wildman–Crippen LogP) is 22.3. The van der Waals surface area contributed by atoms with Crippen LogP contribution in [0.4, 0.5) is 0 Å². The third-order valence-corrected chi connectivity index (χ3v) is 15.3. The highest BCUT2D eigenvalue weighted by molar-refractivity contribution is 7.47. The Kier molecular flexibility index (Phi) is 64.6. The van der Waals surface area contributed by atoms with Crippen molar-refractivity contribution in [2.45, 2.75) is 302 Å². The summed E-state index contributed by atoms with van der Waals surface area (Å²) in [6.45, 7) is 3.63. The SMILES string of the molecule is CC/C=C\C/C=C\C/C=C\C/C=C\C/C=C\C/C=C\C/C=C\CCCCCCCCCCCCCC(=O)OC(COC(=O)CCCCCCCCCCCCCCCC/C=C\C/C=C\C/C=C\CCCCCCC)COP(=O)(O)OCCN. The molecule has 0 amide bonds. The van der Waals surface area contributed by atoms with Gasteiger partial charge in [-0.3, -0.25) is 18.6 Å². The second kappa shape index (κ2) is 67.5. The van der Waals surface area contributed by atoms with Crippen LogP contribution in [0.3, 0.4) is 0 Å². The van der Waals surface area contributed by atoms with Crippen LogP contribution in [0, 0.1) is 0 Å². The van der Waals surface area contributed by atoms with Gasteiger partial charge in [0.2, 0.25) is 0 Å². The fourth-order valence-electron chi connectivity index (χ4n) is 9.33. The molecular formula is C73H126NO8P. The molecule has 0 aromatic rings. The van der Waals surface area contributed by atoms with Crippen LogP contribution >= 0.6 is 7.82 Å². The fraction of sp³-hybridized carbons (Fsp3) is 0.699. The molecule has 0 aliphatic carbocycles. The van der Waals surface area contributed by atoms with E-state index in [4.69, 9.17) is 24.3 Å². The van der Waals surface area contributed by atoms with E-state index in [0.29, 0.717) is 6.42 Å². The van der Waals surface area contributed by atoms with Gasteiger partial charge in [0, 0.05) is 19.4 Å². The van der Waals surface area contributed by atoms with E-state index >= 15 is 0 Å². The summed E-state index contributed by atoms with van der Waals surface area (Å²) in [5.41, 5.74) is 5.40. The highest BCUT2D eigenvalue weighted by Crippen LogP contribution is 2.43. The summed E-state index contributed by atoms with van der Waals surface area (Å²) < 4.78 is 33.2. The summed E-state index contributed by atoms with van der Waals surface area (Å²) in [7, 11) is -4.40. The third kappa shape index (κ3) is 67.4. The van der Waals surface area contributed by atoms with Crippen molar-refractivity contribution in [3.8, 4) is 0 Å². The summed E-state index contributed by atoms with van der Waals surface area (Å²) >= 11 is 0. The summed E-state index contributed by atoms with van der Waals surface area (Å²) in [5, 5.41) is 0. The van der Waals surface area contributed by atoms with Gasteiger partial charge >= 0.3 is 19.8 Å². The second-order valence-electron chi connectivity index (χ2n) is 22.3. The van der Waals surface area contributed by atoms with E-state index in [1.165, 1.54) is 161 Å². The standard InChI is InChI=1S/C73H126NO8P/c1-3-5-7-9-11-13-15-17-19-21-23-25-27-29-31-33-34-35-36-38-40-42-44-46-48-50-52-54-56-58-60-62-64-66-73(76)82-71(70-81-83(77,78)80-68-67-74)69-79-72(75)65-63-61-59-57-55-53-51-49-47-45-43-41-39-37-32-30-28-26-24-22-20-18-16-14-12-10-8-6-4-2/h5,7,11,13,16-19,22-25,28-31,34-35,38,40,71H,3-4,6,8-10,12,14-15,20-21,26-27,32-33,36-37,39,41-70,74H2,1-2H3,(H,77,78)/b7-5-,13-11-,18-16-,19-17-,24-22-,25-23-,30-28-,31-29-,35-34-,40-38-. The molecule has 0 heterocycles. The lowest BCUT2D eigenvalue weighted by Crippen LogP contribution is -2.29. The molecule has 2 atom stereocenters. The van der Waals surface area contributed by atoms with Crippen LogP contribution in [0.15, 0.2) is 122 Å². The molecule has 2 unspecified atom stereocenters. The minimum absolute atomic E-state index is 0.0482. The minimum Gasteiger partial charge on any atom is -0.462 e. The molecule has 0 aliphatic heterocycles. The Morgan fingerprint density at radius 2 is 0.663 bits per heavy atom. The minimum atomic E-state index is -4.40. The maximum atomic E-state index is 12.8. The zero-order chi connectivity index (χ0) is 60.1. The van der Waals surface area contributed by atoms with Crippen LogP contribution in [0.5, 0.6) is 0 Å². The summed E-state index contributed by atoms with van der Waals surface area (Å²) in [5.74, 6) is -0.830. The normalized spacial score (nSPS) is 13.7. The quantitative estimate of drug-likeness (QED) is 0.0264. The number of ether oxygens (including phenoxy) is 2. The molecule has 0 aliphatic rings. The molecule has 10 heteroatoms. The van der Waals surface area contributed by atoms with Crippen molar-refractivity contribution in [3.05, 3.63) is 122 Å². The van der Waals surface area contributed by atoms with Crippen LogP contribution in [0.2, 0.25) is 0 Å². The Bertz CT molecular complexity index is 1770. The Balaban J connectivity index is 3.94. The first-order chi connectivity index (χ1) is 40.8. The fourth-order valence-corrected chi connectivity index (χ4v) is 10.1. The molecule has 0 saturated carbocycles. The molecule has 0 spiro atoms. The van der Waals surface area contributed by atoms with E-state index in [1.54, 1.807) is 0 Å². The van der Waals surface area contributed by atoms with Gasteiger partial charge in [-0.2, -0.15) is 0 Å². The smallest absolute Gasteiger partial charge is 0.462 e. The van der Waals surface area contributed by atoms with E-state index in [9.17, 15) is 19.0 Å². The summed E-state index contributed by atoms with van der Waals surface area (Å²) in [6, 6.07) is 0. The molecule has 0 radical (unpaired) electrons. The van der Waals surface area contributed by atoms with Gasteiger partial charge in [0.1, 0.15) is 6.61 Å². The van der Waals surface area contributed by atoms with Gasteiger partial charge in [-0.25, -0.2) is 4.57 Å². The molecule has 83 heavy (non-hydrogen) atoms. The first kappa shape index (κ1) is 79.4. The Morgan fingerprint density at radius 3 is 0.988 bits per heavy atom. The Labute approximate surface area is 511 Å². The Morgan fingerprint density at radius 1 is 0.373 bits per heavy atom. The maximum Gasteiger partial charge on any atom is 0.472 e. The van der Waals surface area contributed by atoms with Crippen molar-refractivity contribution in [2.24, 2.45) is 5.73 Å². The van der Waals surface area contributed by atoms with Gasteiger partial charge in [0.05, 0.1) is 13.2 Å². The predicted molar refractivity (Wildman–Crippen MR) is 358 cm³/mol. The molecule has 0 saturated heterocycles. The number of unbranched alkanes of at least 4 members (excludes halogenated alkanes) is 30. The lowest BCUT2D eigenvalue weighted by Gasteiger charge is -2.19. The second-order valence-corrected chi connectivity index (χ2v) is 23.8. The maximum absolute atomic E-state index is 12.8. The monoisotopic (exact) mass is 1180 g/mol. The first-order valence-electron chi connectivity index (χ1n) is 34.0. The topological polar surface area (TPSA) is 134 Å². The number of nitrogens with two attached hydrogens (primary N) is 1. The molecular weight excluding hydrogens is 1050 g/mol. The molecule has 0 aromatic heterocycles. The van der Waals surface area contributed by atoms with Gasteiger partial charge in [-0.05, 0) is 109 Å². The number of esters is 2. The van der Waals surface area contributed by atoms with Crippen LogP contribution < -0.4 is 5.73 Å². The molecule has 0 bridgehead atoms. The van der Waals surface area contributed by atoms with Gasteiger partial charge in [-0.1, -0.05) is 296 Å².